The van der Waals surface area contributed by atoms with Crippen LogP contribution in [-0.4, -0.2) is 45.1 Å². The summed E-state index contributed by atoms with van der Waals surface area (Å²) in [4.78, 5) is 24.0. The Labute approximate surface area is 139 Å². The third-order valence-electron chi connectivity index (χ3n) is 3.48. The predicted molar refractivity (Wildman–Crippen MR) is 88.1 cm³/mol. The highest BCUT2D eigenvalue weighted by molar-refractivity contribution is 5.93. The predicted octanol–water partition coefficient (Wildman–Crippen LogP) is 1.62. The van der Waals surface area contributed by atoms with Crippen LogP contribution in [0.25, 0.3) is 5.69 Å². The van der Waals surface area contributed by atoms with Gasteiger partial charge in [0.1, 0.15) is 0 Å². The van der Waals surface area contributed by atoms with Crippen LogP contribution in [0.3, 0.4) is 0 Å². The van der Waals surface area contributed by atoms with Gasteiger partial charge in [0.25, 0.3) is 11.6 Å². The molecule has 1 heterocycles. The van der Waals surface area contributed by atoms with Crippen LogP contribution in [0.15, 0.2) is 36.7 Å². The number of nitro benzene ring substituents is 1. The Morgan fingerprint density at radius 3 is 2.57 bits per heavy atom. The molecule has 1 aromatic heterocycles. The summed E-state index contributed by atoms with van der Waals surface area (Å²) in [6.07, 6.45) is 3.05. The minimum absolute atomic E-state index is 0. The molecule has 0 saturated heterocycles. The summed E-state index contributed by atoms with van der Waals surface area (Å²) >= 11 is 0. The minimum atomic E-state index is -0.467. The smallest absolute Gasteiger partial charge is 0.269 e. The lowest BCUT2D eigenvalue weighted by atomic mass is 10.2. The number of nitrogens with zero attached hydrogens (tertiary/aromatic N) is 4. The van der Waals surface area contributed by atoms with E-state index >= 15 is 0 Å². The van der Waals surface area contributed by atoms with Crippen molar-refractivity contribution < 1.29 is 9.72 Å². The van der Waals surface area contributed by atoms with E-state index in [2.05, 4.69) is 5.10 Å². The molecule has 2 rings (SSSR count). The number of likely N-dealkylation sites (N-methyl/N-ethyl adjacent to an activating group) is 1. The zero-order valence-corrected chi connectivity index (χ0v) is 13.6. The van der Waals surface area contributed by atoms with Gasteiger partial charge in [0, 0.05) is 38.0 Å². The molecule has 1 atom stereocenters. The number of nitrogens with two attached hydrogens (primary N) is 1. The number of benzene rings is 1. The number of rotatable bonds is 5. The number of non-ortho nitro benzene ring substituents is 1. The summed E-state index contributed by atoms with van der Waals surface area (Å²) in [5.74, 6) is -0.175. The van der Waals surface area contributed by atoms with E-state index in [1.54, 1.807) is 30.3 Å². The molecule has 0 bridgehead atoms. The standard InChI is InChI=1S/C14H17N5O3.ClH/c1-10(7-15)17(2)14(20)11-8-16-18(9-11)12-3-5-13(6-4-12)19(21)22;/h3-6,8-10H,7,15H2,1-2H3;1H. The number of hydrogen-bond donors (Lipinski definition) is 1. The van der Waals surface area contributed by atoms with Crippen molar-refractivity contribution in [2.45, 2.75) is 13.0 Å². The highest BCUT2D eigenvalue weighted by atomic mass is 35.5. The molecule has 1 amide bonds. The van der Waals surface area contributed by atoms with Crippen LogP contribution in [0.4, 0.5) is 5.69 Å². The van der Waals surface area contributed by atoms with Gasteiger partial charge in [-0.1, -0.05) is 0 Å². The first kappa shape index (κ1) is 18.6. The molecular formula is C14H18ClN5O3. The molecule has 124 valence electrons. The Balaban J connectivity index is 0.00000264. The van der Waals surface area contributed by atoms with Crippen LogP contribution in [0.5, 0.6) is 0 Å². The summed E-state index contributed by atoms with van der Waals surface area (Å²) in [6, 6.07) is 5.86. The van der Waals surface area contributed by atoms with Crippen molar-refractivity contribution in [3.05, 3.63) is 52.3 Å². The zero-order valence-electron chi connectivity index (χ0n) is 12.7. The second-order valence-corrected chi connectivity index (χ2v) is 4.95. The highest BCUT2D eigenvalue weighted by Crippen LogP contribution is 2.15. The topological polar surface area (TPSA) is 107 Å². The van der Waals surface area contributed by atoms with E-state index < -0.39 is 4.92 Å². The van der Waals surface area contributed by atoms with Crippen LogP contribution in [0, 0.1) is 10.1 Å². The van der Waals surface area contributed by atoms with Crippen LogP contribution >= 0.6 is 12.4 Å². The second-order valence-electron chi connectivity index (χ2n) is 4.95. The lowest BCUT2D eigenvalue weighted by molar-refractivity contribution is -0.384. The SMILES string of the molecule is CC(CN)N(C)C(=O)c1cnn(-c2ccc([N+](=O)[O-])cc2)c1.Cl. The number of carbonyl (C=O) groups excluding carboxylic acids is 1. The normalized spacial score (nSPS) is 11.4. The maximum atomic E-state index is 12.3. The molecule has 0 spiro atoms. The van der Waals surface area contributed by atoms with Crippen molar-refractivity contribution in [1.29, 1.82) is 0 Å². The number of amides is 1. The van der Waals surface area contributed by atoms with Gasteiger partial charge in [-0.2, -0.15) is 5.10 Å². The quantitative estimate of drug-likeness (QED) is 0.658. The molecule has 9 heteroatoms. The fourth-order valence-electron chi connectivity index (χ4n) is 1.86. The Hall–Kier alpha value is -2.45. The van der Waals surface area contributed by atoms with Gasteiger partial charge in [-0.05, 0) is 19.1 Å². The first-order valence-electron chi connectivity index (χ1n) is 6.70. The lowest BCUT2D eigenvalue weighted by Gasteiger charge is -2.22. The Kier molecular flexibility index (Phi) is 6.23. The lowest BCUT2D eigenvalue weighted by Crippen LogP contribution is -2.39. The first-order valence-corrected chi connectivity index (χ1v) is 6.70. The maximum Gasteiger partial charge on any atom is 0.269 e. The van der Waals surface area contributed by atoms with Crippen molar-refractivity contribution in [2.75, 3.05) is 13.6 Å². The second kappa shape index (κ2) is 7.70. The van der Waals surface area contributed by atoms with Gasteiger partial charge in [0.15, 0.2) is 0 Å². The Morgan fingerprint density at radius 1 is 1.43 bits per heavy atom. The van der Waals surface area contributed by atoms with E-state index in [4.69, 9.17) is 5.73 Å². The van der Waals surface area contributed by atoms with Crippen molar-refractivity contribution in [3.63, 3.8) is 0 Å². The number of nitro groups is 1. The molecule has 2 N–H and O–H groups in total. The van der Waals surface area contributed by atoms with Crippen molar-refractivity contribution in [2.24, 2.45) is 5.73 Å². The highest BCUT2D eigenvalue weighted by Gasteiger charge is 2.18. The first-order chi connectivity index (χ1) is 10.4. The Morgan fingerprint density at radius 2 is 2.04 bits per heavy atom. The monoisotopic (exact) mass is 339 g/mol. The average Bonchev–Trinajstić information content (AvgIpc) is 3.02. The van der Waals surface area contributed by atoms with Crippen molar-refractivity contribution >= 4 is 24.0 Å². The number of hydrogen-bond acceptors (Lipinski definition) is 5. The maximum absolute atomic E-state index is 12.3. The van der Waals surface area contributed by atoms with Gasteiger partial charge in [-0.25, -0.2) is 4.68 Å². The van der Waals surface area contributed by atoms with Crippen molar-refractivity contribution in [1.82, 2.24) is 14.7 Å². The van der Waals surface area contributed by atoms with Gasteiger partial charge >= 0.3 is 0 Å². The van der Waals surface area contributed by atoms with Crippen LogP contribution < -0.4 is 5.73 Å². The summed E-state index contributed by atoms with van der Waals surface area (Å²) < 4.78 is 1.50. The van der Waals surface area contributed by atoms with E-state index in [1.807, 2.05) is 6.92 Å². The molecule has 1 unspecified atom stereocenters. The molecular weight excluding hydrogens is 322 g/mol. The minimum Gasteiger partial charge on any atom is -0.338 e. The van der Waals surface area contributed by atoms with Gasteiger partial charge in [0.2, 0.25) is 0 Å². The molecule has 23 heavy (non-hydrogen) atoms. The summed E-state index contributed by atoms with van der Waals surface area (Å²) in [5, 5.41) is 14.7. The molecule has 0 saturated carbocycles. The molecule has 0 radical (unpaired) electrons. The van der Waals surface area contributed by atoms with Gasteiger partial charge < -0.3 is 10.6 Å². The molecule has 0 aliphatic carbocycles. The average molecular weight is 340 g/mol. The Bertz CT molecular complexity index is 686. The summed E-state index contributed by atoms with van der Waals surface area (Å²) in [6.45, 7) is 2.23. The zero-order chi connectivity index (χ0) is 16.3. The van der Waals surface area contributed by atoms with E-state index in [-0.39, 0.29) is 30.0 Å². The van der Waals surface area contributed by atoms with E-state index in [0.29, 0.717) is 17.8 Å². The molecule has 1 aromatic carbocycles. The molecule has 2 aromatic rings. The largest absolute Gasteiger partial charge is 0.338 e. The third-order valence-corrected chi connectivity index (χ3v) is 3.48. The van der Waals surface area contributed by atoms with Crippen LogP contribution in [0.1, 0.15) is 17.3 Å². The molecule has 0 aliphatic heterocycles. The third kappa shape index (κ3) is 4.05. The van der Waals surface area contributed by atoms with Crippen LogP contribution in [0.2, 0.25) is 0 Å². The summed E-state index contributed by atoms with van der Waals surface area (Å²) in [7, 11) is 1.68. The van der Waals surface area contributed by atoms with Crippen molar-refractivity contribution in [3.8, 4) is 5.69 Å². The number of halogens is 1. The molecule has 0 fully saturated rings. The van der Waals surface area contributed by atoms with Gasteiger partial charge in [-0.15, -0.1) is 12.4 Å². The fourth-order valence-corrected chi connectivity index (χ4v) is 1.86. The van der Waals surface area contributed by atoms with E-state index in [0.717, 1.165) is 0 Å². The molecule has 8 nitrogen and oxygen atoms in total. The van der Waals surface area contributed by atoms with E-state index in [1.165, 1.54) is 23.0 Å². The van der Waals surface area contributed by atoms with E-state index in [9.17, 15) is 14.9 Å². The van der Waals surface area contributed by atoms with Crippen LogP contribution in [-0.2, 0) is 0 Å². The summed E-state index contributed by atoms with van der Waals surface area (Å²) in [5.41, 5.74) is 6.63. The van der Waals surface area contributed by atoms with Gasteiger partial charge in [0.05, 0.1) is 22.4 Å². The number of aromatic nitrogens is 2. The van der Waals surface area contributed by atoms with Gasteiger partial charge in [-0.3, -0.25) is 14.9 Å². The molecule has 0 aliphatic rings. The fraction of sp³-hybridized carbons (Fsp3) is 0.286. The number of carbonyl (C=O) groups is 1.